The molecule has 0 radical (unpaired) electrons. The molecule has 0 aromatic carbocycles. The summed E-state index contributed by atoms with van der Waals surface area (Å²) in [5, 5.41) is 5.78. The van der Waals surface area contributed by atoms with Crippen LogP contribution in [0.25, 0.3) is 0 Å². The van der Waals surface area contributed by atoms with Crippen molar-refractivity contribution < 1.29 is 32.4 Å². The molecule has 0 aromatic rings. The Morgan fingerprint density at radius 1 is 1.09 bits per heavy atom. The average molecular weight is 679 g/mol. The first-order valence-electron chi connectivity index (χ1n) is 17.3. The number of Topliss-reactive ketones (excluding diaryl/α,β-unsaturated/α-hetero) is 3. The van der Waals surface area contributed by atoms with Crippen molar-refractivity contribution in [1.82, 2.24) is 19.8 Å². The lowest BCUT2D eigenvalue weighted by Gasteiger charge is -2.38. The van der Waals surface area contributed by atoms with Crippen LogP contribution >= 0.6 is 0 Å². The summed E-state index contributed by atoms with van der Waals surface area (Å²) >= 11 is 0. The molecule has 1 unspecified atom stereocenters. The maximum atomic E-state index is 14.3. The SMILES string of the molecule is C=CCCC(=O)C(=O)C(CCCC)CC(=O)[C@@H]1[C@@H]2[C@H](CN1C(=O)[C@@H](NC(=O)N[C@H](CN1CCCS1(=O)=O)C(C)C)C(C)(C)C)C2(C)C. The average Bonchev–Trinajstić information content (AvgIpc) is 3.27. The summed E-state index contributed by atoms with van der Waals surface area (Å²) in [4.78, 5) is 69.3. The van der Waals surface area contributed by atoms with E-state index < -0.39 is 57.1 Å². The molecule has 47 heavy (non-hydrogen) atoms. The number of ketones is 3. The molecular weight excluding hydrogens is 620 g/mol. The Kier molecular flexibility index (Phi) is 12.6. The van der Waals surface area contributed by atoms with E-state index in [1.54, 1.807) is 11.0 Å². The quantitative estimate of drug-likeness (QED) is 0.174. The maximum Gasteiger partial charge on any atom is 0.315 e. The third-order valence-electron chi connectivity index (χ3n) is 10.5. The van der Waals surface area contributed by atoms with Crippen LogP contribution in [0.2, 0.25) is 0 Å². The summed E-state index contributed by atoms with van der Waals surface area (Å²) in [6, 6.07) is -2.77. The number of carbonyl (C=O) groups is 5. The Bertz CT molecular complexity index is 1320. The summed E-state index contributed by atoms with van der Waals surface area (Å²) in [5.41, 5.74) is -0.866. The molecule has 12 heteroatoms. The Hall–Kier alpha value is -2.60. The van der Waals surface area contributed by atoms with Crippen LogP contribution in [0.4, 0.5) is 4.79 Å². The van der Waals surface area contributed by atoms with Crippen molar-refractivity contribution in [2.24, 2.45) is 34.5 Å². The van der Waals surface area contributed by atoms with E-state index in [-0.39, 0.29) is 60.0 Å². The second-order valence-electron chi connectivity index (χ2n) is 15.8. The minimum Gasteiger partial charge on any atom is -0.334 e. The zero-order valence-corrected chi connectivity index (χ0v) is 30.6. The van der Waals surface area contributed by atoms with Crippen molar-refractivity contribution in [3.8, 4) is 0 Å². The van der Waals surface area contributed by atoms with Crippen molar-refractivity contribution in [3.05, 3.63) is 12.7 Å². The molecule has 2 aliphatic heterocycles. The zero-order chi connectivity index (χ0) is 35.5. The van der Waals surface area contributed by atoms with Crippen LogP contribution in [0.1, 0.15) is 100 Å². The first-order chi connectivity index (χ1) is 21.8. The fourth-order valence-electron chi connectivity index (χ4n) is 7.30. The molecule has 0 bridgehead atoms. The summed E-state index contributed by atoms with van der Waals surface area (Å²) in [7, 11) is -3.35. The topological polar surface area (TPSA) is 150 Å². The van der Waals surface area contributed by atoms with Gasteiger partial charge in [-0.3, -0.25) is 19.2 Å². The lowest BCUT2D eigenvalue weighted by Crippen LogP contribution is -2.61. The van der Waals surface area contributed by atoms with E-state index in [1.165, 1.54) is 4.31 Å². The molecule has 1 saturated carbocycles. The van der Waals surface area contributed by atoms with Crippen molar-refractivity contribution in [1.29, 1.82) is 0 Å². The first-order valence-corrected chi connectivity index (χ1v) is 18.9. The van der Waals surface area contributed by atoms with Gasteiger partial charge in [0.15, 0.2) is 11.6 Å². The largest absolute Gasteiger partial charge is 0.334 e. The van der Waals surface area contributed by atoms with E-state index in [0.717, 1.165) is 6.42 Å². The van der Waals surface area contributed by atoms with Gasteiger partial charge in [-0.15, -0.1) is 6.58 Å². The number of likely N-dealkylation sites (tertiary alicyclic amines) is 1. The van der Waals surface area contributed by atoms with Gasteiger partial charge in [0, 0.05) is 44.4 Å². The number of unbranched alkanes of at least 4 members (excludes halogenated alkanes) is 1. The van der Waals surface area contributed by atoms with Crippen LogP contribution in [0, 0.1) is 34.5 Å². The zero-order valence-electron chi connectivity index (χ0n) is 29.8. The van der Waals surface area contributed by atoms with Gasteiger partial charge in [-0.05, 0) is 47.8 Å². The third-order valence-corrected chi connectivity index (χ3v) is 12.4. The Morgan fingerprint density at radius 2 is 1.74 bits per heavy atom. The van der Waals surface area contributed by atoms with E-state index in [0.29, 0.717) is 38.8 Å². The lowest BCUT2D eigenvalue weighted by molar-refractivity contribution is -0.144. The first kappa shape index (κ1) is 38.8. The van der Waals surface area contributed by atoms with Gasteiger partial charge in [-0.2, -0.15) is 4.31 Å². The number of amides is 3. The second-order valence-corrected chi connectivity index (χ2v) is 17.9. The number of piperidine rings is 1. The Labute approximate surface area is 282 Å². The van der Waals surface area contributed by atoms with E-state index in [9.17, 15) is 32.4 Å². The molecule has 0 spiro atoms. The van der Waals surface area contributed by atoms with Gasteiger partial charge in [0.2, 0.25) is 21.7 Å². The van der Waals surface area contributed by atoms with Crippen LogP contribution in [0.3, 0.4) is 0 Å². The number of hydrogen-bond acceptors (Lipinski definition) is 7. The molecule has 266 valence electrons. The van der Waals surface area contributed by atoms with E-state index in [4.69, 9.17) is 0 Å². The van der Waals surface area contributed by atoms with E-state index >= 15 is 0 Å². The van der Waals surface area contributed by atoms with Gasteiger partial charge in [-0.1, -0.05) is 74.3 Å². The summed E-state index contributed by atoms with van der Waals surface area (Å²) in [5.74, 6) is -2.26. The van der Waals surface area contributed by atoms with Crippen molar-refractivity contribution in [2.45, 2.75) is 118 Å². The summed E-state index contributed by atoms with van der Waals surface area (Å²) in [6.45, 7) is 20.1. The summed E-state index contributed by atoms with van der Waals surface area (Å²) < 4.78 is 26.3. The van der Waals surface area contributed by atoms with Gasteiger partial charge in [0.1, 0.15) is 6.04 Å². The molecule has 0 aromatic heterocycles. The Balaban J connectivity index is 1.81. The molecule has 2 heterocycles. The minimum absolute atomic E-state index is 0.0669. The highest BCUT2D eigenvalue weighted by atomic mass is 32.2. The van der Waals surface area contributed by atoms with Gasteiger partial charge in [-0.25, -0.2) is 13.2 Å². The van der Waals surface area contributed by atoms with Crippen molar-refractivity contribution >= 4 is 39.3 Å². The van der Waals surface area contributed by atoms with Crippen LogP contribution in [-0.2, 0) is 29.2 Å². The minimum atomic E-state index is -3.35. The van der Waals surface area contributed by atoms with Crippen molar-refractivity contribution in [3.63, 3.8) is 0 Å². The molecule has 2 saturated heterocycles. The number of allylic oxidation sites excluding steroid dienone is 1. The molecular formula is C35H58N4O7S. The number of nitrogens with one attached hydrogen (secondary N) is 2. The smallest absolute Gasteiger partial charge is 0.315 e. The third kappa shape index (κ3) is 9.10. The highest BCUT2D eigenvalue weighted by molar-refractivity contribution is 7.89. The van der Waals surface area contributed by atoms with Gasteiger partial charge in [0.05, 0.1) is 11.8 Å². The number of fused-ring (bicyclic) bond motifs is 1. The van der Waals surface area contributed by atoms with Crippen LogP contribution in [-0.4, -0.2) is 90.4 Å². The molecule has 3 fully saturated rings. The van der Waals surface area contributed by atoms with Gasteiger partial charge < -0.3 is 15.5 Å². The Morgan fingerprint density at radius 3 is 2.28 bits per heavy atom. The van der Waals surface area contributed by atoms with Crippen molar-refractivity contribution in [2.75, 3.05) is 25.4 Å². The van der Waals surface area contributed by atoms with Gasteiger partial charge in [0.25, 0.3) is 0 Å². The number of sulfonamides is 1. The molecule has 1 aliphatic carbocycles. The van der Waals surface area contributed by atoms with E-state index in [1.807, 2.05) is 41.5 Å². The highest BCUT2D eigenvalue weighted by Crippen LogP contribution is 2.65. The molecule has 11 nitrogen and oxygen atoms in total. The number of hydrogen-bond donors (Lipinski definition) is 2. The fraction of sp³-hybridized carbons (Fsp3) is 0.800. The number of nitrogens with zero attached hydrogens (tertiary/aromatic N) is 2. The summed E-state index contributed by atoms with van der Waals surface area (Å²) in [6.07, 6.45) is 4.45. The maximum absolute atomic E-state index is 14.3. The second kappa shape index (κ2) is 15.3. The predicted molar refractivity (Wildman–Crippen MR) is 182 cm³/mol. The fourth-order valence-corrected chi connectivity index (χ4v) is 8.85. The number of urea groups is 1. The molecule has 3 aliphatic rings. The standard InChI is InChI=1S/C35H58N4O7S/c1-10-12-15-23(30(42)26(40)16-13-11-2)19-27(41)29-28-24(35(28,8)9)20-39(29)32(43)31(34(5,6)7)37-33(44)36-25(22(3)4)21-38-17-14-18-47(38,45)46/h11,22-25,28-29,31H,2,10,12-21H2,1,3-9H3,(H2,36,37,44)/t23?,24-,25+,28-,29+,31+/m0/s1. The van der Waals surface area contributed by atoms with Gasteiger partial charge >= 0.3 is 6.03 Å². The molecule has 3 amide bonds. The number of carbonyl (C=O) groups excluding carboxylic acids is 5. The van der Waals surface area contributed by atoms with Crippen LogP contribution < -0.4 is 10.6 Å². The predicted octanol–water partition coefficient (Wildman–Crippen LogP) is 4.11. The normalized spacial score (nSPS) is 25.0. The highest BCUT2D eigenvalue weighted by Gasteiger charge is 2.69. The number of rotatable bonds is 17. The monoisotopic (exact) mass is 678 g/mol. The molecule has 6 atom stereocenters. The van der Waals surface area contributed by atoms with Crippen LogP contribution in [0.5, 0.6) is 0 Å². The van der Waals surface area contributed by atoms with E-state index in [2.05, 4.69) is 31.1 Å². The molecule has 3 rings (SSSR count). The molecule has 2 N–H and O–H groups in total. The lowest BCUT2D eigenvalue weighted by atomic mass is 9.83. The van der Waals surface area contributed by atoms with Crippen LogP contribution in [0.15, 0.2) is 12.7 Å².